The predicted molar refractivity (Wildman–Crippen MR) is 66.2 cm³/mol. The molecule has 0 radical (unpaired) electrons. The Morgan fingerprint density at radius 1 is 1.45 bits per heavy atom. The van der Waals surface area contributed by atoms with Crippen molar-refractivity contribution in [3.63, 3.8) is 0 Å². The van der Waals surface area contributed by atoms with Crippen LogP contribution < -0.4 is 10.6 Å². The van der Waals surface area contributed by atoms with Gasteiger partial charge in [0.2, 0.25) is 11.7 Å². The molecule has 1 saturated heterocycles. The largest absolute Gasteiger partial charge is 0.451 e. The van der Waals surface area contributed by atoms with Crippen LogP contribution in [-0.4, -0.2) is 29.0 Å². The number of anilines is 1. The van der Waals surface area contributed by atoms with Gasteiger partial charge in [-0.3, -0.25) is 4.79 Å². The van der Waals surface area contributed by atoms with Crippen LogP contribution >= 0.6 is 11.6 Å². The third-order valence-corrected chi connectivity index (χ3v) is 3.28. The molecule has 20 heavy (non-hydrogen) atoms. The van der Waals surface area contributed by atoms with Crippen molar-refractivity contribution in [1.29, 1.82) is 0 Å². The number of aromatic nitrogens is 2. The van der Waals surface area contributed by atoms with Crippen LogP contribution in [0, 0.1) is 5.92 Å². The summed E-state index contributed by atoms with van der Waals surface area (Å²) in [6, 6.07) is 1.25. The van der Waals surface area contributed by atoms with Crippen LogP contribution in [0.1, 0.15) is 18.7 Å². The van der Waals surface area contributed by atoms with Crippen molar-refractivity contribution in [1.82, 2.24) is 9.97 Å². The number of nitrogens with zero attached hydrogens (tertiary/aromatic N) is 3. The second-order valence-corrected chi connectivity index (χ2v) is 4.95. The fourth-order valence-corrected chi connectivity index (χ4v) is 2.29. The van der Waals surface area contributed by atoms with Crippen LogP contribution in [0.5, 0.6) is 0 Å². The van der Waals surface area contributed by atoms with Crippen LogP contribution in [0.2, 0.25) is 5.15 Å². The molecule has 0 spiro atoms. The molecule has 1 aromatic heterocycles. The minimum atomic E-state index is -4.67. The van der Waals surface area contributed by atoms with Crippen molar-refractivity contribution in [3.8, 4) is 0 Å². The molecule has 2 heterocycles. The minimum Gasteiger partial charge on any atom is -0.369 e. The van der Waals surface area contributed by atoms with Crippen LogP contribution in [0.15, 0.2) is 6.07 Å². The van der Waals surface area contributed by atoms with Gasteiger partial charge in [0.15, 0.2) is 0 Å². The van der Waals surface area contributed by atoms with E-state index in [1.807, 2.05) is 0 Å². The molecule has 1 unspecified atom stereocenters. The Morgan fingerprint density at radius 3 is 2.75 bits per heavy atom. The van der Waals surface area contributed by atoms with Crippen molar-refractivity contribution in [2.24, 2.45) is 11.7 Å². The predicted octanol–water partition coefficient (Wildman–Crippen LogP) is 1.85. The third kappa shape index (κ3) is 3.30. The molecule has 1 fully saturated rings. The monoisotopic (exact) mass is 308 g/mol. The van der Waals surface area contributed by atoms with Gasteiger partial charge in [0, 0.05) is 19.2 Å². The minimum absolute atomic E-state index is 0.0586. The molecule has 5 nitrogen and oxygen atoms in total. The van der Waals surface area contributed by atoms with E-state index in [-0.39, 0.29) is 17.5 Å². The fraction of sp³-hybridized carbons (Fsp3) is 0.545. The molecule has 110 valence electrons. The quantitative estimate of drug-likeness (QED) is 0.846. The van der Waals surface area contributed by atoms with Gasteiger partial charge in [0.25, 0.3) is 0 Å². The van der Waals surface area contributed by atoms with E-state index in [2.05, 4.69) is 9.97 Å². The molecule has 0 aromatic carbocycles. The van der Waals surface area contributed by atoms with E-state index in [9.17, 15) is 18.0 Å². The second-order valence-electron chi connectivity index (χ2n) is 4.56. The standard InChI is InChI=1S/C11H12ClF3N4O/c12-7-4-8(18-10(17-7)11(13,14)15)19-3-1-2-6(5-19)9(16)20/h4,6H,1-3,5H2,(H2,16,20). The smallest absolute Gasteiger partial charge is 0.369 e. The first-order chi connectivity index (χ1) is 9.27. The number of nitrogens with two attached hydrogens (primary N) is 1. The van der Waals surface area contributed by atoms with Gasteiger partial charge in [0.05, 0.1) is 5.92 Å². The maximum absolute atomic E-state index is 12.6. The molecule has 1 aliphatic heterocycles. The Bertz CT molecular complexity index is 523. The van der Waals surface area contributed by atoms with Crippen molar-refractivity contribution in [2.45, 2.75) is 19.0 Å². The molecule has 0 saturated carbocycles. The molecule has 2 rings (SSSR count). The van der Waals surface area contributed by atoms with E-state index in [1.54, 1.807) is 4.90 Å². The van der Waals surface area contributed by atoms with Gasteiger partial charge >= 0.3 is 6.18 Å². The molecule has 0 bridgehead atoms. The average Bonchev–Trinajstić information content (AvgIpc) is 2.37. The summed E-state index contributed by atoms with van der Waals surface area (Å²) < 4.78 is 37.9. The highest BCUT2D eigenvalue weighted by atomic mass is 35.5. The molecule has 2 N–H and O–H groups in total. The topological polar surface area (TPSA) is 72.1 Å². The summed E-state index contributed by atoms with van der Waals surface area (Å²) in [6.45, 7) is 0.731. The summed E-state index contributed by atoms with van der Waals surface area (Å²) in [5, 5.41) is -0.288. The Labute approximate surface area is 117 Å². The summed E-state index contributed by atoms with van der Waals surface area (Å²) in [5.74, 6) is -2.10. The summed E-state index contributed by atoms with van der Waals surface area (Å²) in [7, 11) is 0. The van der Waals surface area contributed by atoms with Gasteiger partial charge in [-0.05, 0) is 12.8 Å². The number of rotatable bonds is 2. The summed E-state index contributed by atoms with van der Waals surface area (Å²) in [5.41, 5.74) is 5.23. The summed E-state index contributed by atoms with van der Waals surface area (Å²) in [6.07, 6.45) is -3.40. The highest BCUT2D eigenvalue weighted by Gasteiger charge is 2.36. The summed E-state index contributed by atoms with van der Waals surface area (Å²) in [4.78, 5) is 19.4. The van der Waals surface area contributed by atoms with Gasteiger partial charge in [0.1, 0.15) is 11.0 Å². The number of halogens is 4. The first-order valence-electron chi connectivity index (χ1n) is 5.93. The second kappa shape index (κ2) is 5.43. The van der Waals surface area contributed by atoms with Crippen LogP contribution in [-0.2, 0) is 11.0 Å². The summed E-state index contributed by atoms with van der Waals surface area (Å²) >= 11 is 5.60. The van der Waals surface area contributed by atoms with Crippen molar-refractivity contribution in [2.75, 3.05) is 18.0 Å². The lowest BCUT2D eigenvalue weighted by Crippen LogP contribution is -2.41. The van der Waals surface area contributed by atoms with Crippen LogP contribution in [0.4, 0.5) is 19.0 Å². The Balaban J connectivity index is 2.28. The van der Waals surface area contributed by atoms with E-state index in [4.69, 9.17) is 17.3 Å². The normalized spacial score (nSPS) is 20.0. The lowest BCUT2D eigenvalue weighted by molar-refractivity contribution is -0.144. The third-order valence-electron chi connectivity index (χ3n) is 3.08. The molecular formula is C11H12ClF3N4O. The Kier molecular flexibility index (Phi) is 4.03. The Hall–Kier alpha value is -1.57. The lowest BCUT2D eigenvalue weighted by atomic mass is 9.97. The zero-order chi connectivity index (χ0) is 14.9. The van der Waals surface area contributed by atoms with Crippen molar-refractivity contribution >= 4 is 23.3 Å². The average molecular weight is 309 g/mol. The van der Waals surface area contributed by atoms with Crippen LogP contribution in [0.3, 0.4) is 0 Å². The molecular weight excluding hydrogens is 297 g/mol. The zero-order valence-corrected chi connectivity index (χ0v) is 11.1. The molecule has 1 aromatic rings. The maximum Gasteiger partial charge on any atom is 0.451 e. The maximum atomic E-state index is 12.6. The number of piperidine rings is 1. The zero-order valence-electron chi connectivity index (χ0n) is 10.3. The molecule has 0 aliphatic carbocycles. The van der Waals surface area contributed by atoms with E-state index in [0.29, 0.717) is 19.4 Å². The lowest BCUT2D eigenvalue weighted by Gasteiger charge is -2.32. The van der Waals surface area contributed by atoms with Gasteiger partial charge in [-0.2, -0.15) is 13.2 Å². The molecule has 1 atom stereocenters. The van der Waals surface area contributed by atoms with Gasteiger partial charge in [-0.25, -0.2) is 9.97 Å². The van der Waals surface area contributed by atoms with E-state index >= 15 is 0 Å². The van der Waals surface area contributed by atoms with Crippen molar-refractivity contribution < 1.29 is 18.0 Å². The first-order valence-corrected chi connectivity index (χ1v) is 6.31. The number of alkyl halides is 3. The highest BCUT2D eigenvalue weighted by Crippen LogP contribution is 2.30. The van der Waals surface area contributed by atoms with Crippen LogP contribution in [0.25, 0.3) is 0 Å². The number of amides is 1. The van der Waals surface area contributed by atoms with E-state index in [1.165, 1.54) is 6.07 Å². The van der Waals surface area contributed by atoms with E-state index in [0.717, 1.165) is 0 Å². The Morgan fingerprint density at radius 2 is 2.15 bits per heavy atom. The number of primary amides is 1. The molecule has 1 aliphatic rings. The number of hydrogen-bond acceptors (Lipinski definition) is 4. The number of carbonyl (C=O) groups is 1. The molecule has 9 heteroatoms. The van der Waals surface area contributed by atoms with Gasteiger partial charge in [-0.15, -0.1) is 0 Å². The molecule has 1 amide bonds. The van der Waals surface area contributed by atoms with Crippen molar-refractivity contribution in [3.05, 3.63) is 17.0 Å². The van der Waals surface area contributed by atoms with Gasteiger partial charge in [-0.1, -0.05) is 11.6 Å². The fourth-order valence-electron chi connectivity index (χ4n) is 2.11. The first kappa shape index (κ1) is 14.8. The number of hydrogen-bond donors (Lipinski definition) is 1. The van der Waals surface area contributed by atoms with Gasteiger partial charge < -0.3 is 10.6 Å². The SMILES string of the molecule is NC(=O)C1CCCN(c2cc(Cl)nc(C(F)(F)F)n2)C1. The number of carbonyl (C=O) groups excluding carboxylic acids is 1. The van der Waals surface area contributed by atoms with E-state index < -0.39 is 23.8 Å². The highest BCUT2D eigenvalue weighted by molar-refractivity contribution is 6.29.